The Morgan fingerprint density at radius 3 is 2.75 bits per heavy atom. The maximum atomic E-state index is 12.5. The Morgan fingerprint density at radius 2 is 2.08 bits per heavy atom. The summed E-state index contributed by atoms with van der Waals surface area (Å²) < 4.78 is 3.00. The fourth-order valence-electron chi connectivity index (χ4n) is 3.39. The van der Waals surface area contributed by atoms with Gasteiger partial charge in [-0.1, -0.05) is 0 Å². The quantitative estimate of drug-likeness (QED) is 0.847. The van der Waals surface area contributed by atoms with E-state index in [4.69, 9.17) is 0 Å². The van der Waals surface area contributed by atoms with Gasteiger partial charge in [0.05, 0.1) is 18.3 Å². The predicted molar refractivity (Wildman–Crippen MR) is 86.3 cm³/mol. The second kappa shape index (κ2) is 5.41. The summed E-state index contributed by atoms with van der Waals surface area (Å²) in [6.45, 7) is 1.28. The maximum Gasteiger partial charge on any atom is 0.264 e. The summed E-state index contributed by atoms with van der Waals surface area (Å²) >= 11 is 0. The standard InChI is InChI=1S/C16H21N5O3/c1-19-13-12(8-18-19)15(23)21(10-17-13)9-16(24)4-6-20(7-5-16)14(22)11-2-3-11/h8,10-11,24H,2-7,9H2,1H3. The molecule has 1 saturated carbocycles. The van der Waals surface area contributed by atoms with Gasteiger partial charge in [0.1, 0.15) is 11.7 Å². The smallest absolute Gasteiger partial charge is 0.264 e. The lowest BCUT2D eigenvalue weighted by atomic mass is 9.91. The highest BCUT2D eigenvalue weighted by Crippen LogP contribution is 2.33. The van der Waals surface area contributed by atoms with Crippen molar-refractivity contribution in [1.29, 1.82) is 0 Å². The third-order valence-electron chi connectivity index (χ3n) is 5.12. The number of carbonyl (C=O) groups is 1. The van der Waals surface area contributed by atoms with Crippen LogP contribution in [0.4, 0.5) is 0 Å². The van der Waals surface area contributed by atoms with E-state index in [9.17, 15) is 14.7 Å². The molecule has 0 radical (unpaired) electrons. The number of rotatable bonds is 3. The molecule has 1 aliphatic carbocycles. The van der Waals surface area contributed by atoms with Crippen LogP contribution < -0.4 is 5.56 Å². The third-order valence-corrected chi connectivity index (χ3v) is 5.12. The minimum atomic E-state index is -0.984. The summed E-state index contributed by atoms with van der Waals surface area (Å²) in [6.07, 6.45) is 5.90. The molecular formula is C16H21N5O3. The molecule has 0 bridgehead atoms. The first kappa shape index (κ1) is 15.3. The monoisotopic (exact) mass is 331 g/mol. The molecule has 24 heavy (non-hydrogen) atoms. The molecule has 1 amide bonds. The van der Waals surface area contributed by atoms with E-state index < -0.39 is 5.60 Å². The summed E-state index contributed by atoms with van der Waals surface area (Å²) in [7, 11) is 1.74. The average molecular weight is 331 g/mol. The molecule has 1 aliphatic heterocycles. The van der Waals surface area contributed by atoms with E-state index in [0.717, 1.165) is 12.8 Å². The SMILES string of the molecule is Cn1ncc2c(=O)n(CC3(O)CCN(C(=O)C4CC4)CC3)cnc21. The van der Waals surface area contributed by atoms with E-state index in [1.807, 2.05) is 4.90 Å². The lowest BCUT2D eigenvalue weighted by molar-refractivity contribution is -0.137. The highest BCUT2D eigenvalue weighted by Gasteiger charge is 2.39. The molecule has 8 nitrogen and oxygen atoms in total. The van der Waals surface area contributed by atoms with Gasteiger partial charge in [0.25, 0.3) is 5.56 Å². The number of hydrogen-bond acceptors (Lipinski definition) is 5. The van der Waals surface area contributed by atoms with Crippen LogP contribution in [0.5, 0.6) is 0 Å². The van der Waals surface area contributed by atoms with Crippen LogP contribution in [0, 0.1) is 5.92 Å². The number of likely N-dealkylation sites (tertiary alicyclic amines) is 1. The van der Waals surface area contributed by atoms with Crippen LogP contribution in [0.15, 0.2) is 17.3 Å². The van der Waals surface area contributed by atoms with Crippen molar-refractivity contribution in [2.75, 3.05) is 13.1 Å². The molecule has 2 aliphatic rings. The van der Waals surface area contributed by atoms with Crippen LogP contribution >= 0.6 is 0 Å². The van der Waals surface area contributed by atoms with E-state index in [0.29, 0.717) is 37.0 Å². The maximum absolute atomic E-state index is 12.5. The fraction of sp³-hybridized carbons (Fsp3) is 0.625. The molecule has 0 unspecified atom stereocenters. The molecule has 3 heterocycles. The molecule has 1 N–H and O–H groups in total. The van der Waals surface area contributed by atoms with Crippen LogP contribution in [0.1, 0.15) is 25.7 Å². The number of aryl methyl sites for hydroxylation is 1. The van der Waals surface area contributed by atoms with Crippen molar-refractivity contribution in [3.8, 4) is 0 Å². The van der Waals surface area contributed by atoms with Gasteiger partial charge < -0.3 is 10.0 Å². The third kappa shape index (κ3) is 2.60. The minimum Gasteiger partial charge on any atom is -0.388 e. The van der Waals surface area contributed by atoms with Gasteiger partial charge in [-0.15, -0.1) is 0 Å². The van der Waals surface area contributed by atoms with Crippen LogP contribution in [0.2, 0.25) is 0 Å². The average Bonchev–Trinajstić information content (AvgIpc) is 3.34. The van der Waals surface area contributed by atoms with Crippen LogP contribution in [-0.2, 0) is 18.4 Å². The molecule has 1 saturated heterocycles. The normalized spacial score (nSPS) is 20.5. The first-order chi connectivity index (χ1) is 11.5. The van der Waals surface area contributed by atoms with Gasteiger partial charge in [-0.25, -0.2) is 4.98 Å². The van der Waals surface area contributed by atoms with Crippen molar-refractivity contribution in [2.45, 2.75) is 37.8 Å². The minimum absolute atomic E-state index is 0.190. The highest BCUT2D eigenvalue weighted by atomic mass is 16.3. The van der Waals surface area contributed by atoms with Gasteiger partial charge in [-0.3, -0.25) is 18.8 Å². The summed E-state index contributed by atoms with van der Waals surface area (Å²) in [5, 5.41) is 15.3. The van der Waals surface area contributed by atoms with E-state index in [1.165, 1.54) is 17.1 Å². The zero-order valence-electron chi connectivity index (χ0n) is 13.7. The first-order valence-corrected chi connectivity index (χ1v) is 8.35. The van der Waals surface area contributed by atoms with Crippen molar-refractivity contribution < 1.29 is 9.90 Å². The Kier molecular flexibility index (Phi) is 3.45. The van der Waals surface area contributed by atoms with Crippen LogP contribution in [-0.4, -0.2) is 53.9 Å². The highest BCUT2D eigenvalue weighted by molar-refractivity contribution is 5.81. The summed E-state index contributed by atoms with van der Waals surface area (Å²) in [4.78, 5) is 30.7. The second-order valence-electron chi connectivity index (χ2n) is 7.01. The Morgan fingerprint density at radius 1 is 1.38 bits per heavy atom. The molecule has 4 rings (SSSR count). The number of amides is 1. The summed E-state index contributed by atoms with van der Waals surface area (Å²) in [6, 6.07) is 0. The Bertz CT molecular complexity index is 843. The lowest BCUT2D eigenvalue weighted by Gasteiger charge is -2.38. The second-order valence-corrected chi connectivity index (χ2v) is 7.01. The molecule has 0 spiro atoms. The van der Waals surface area contributed by atoms with Crippen LogP contribution in [0.25, 0.3) is 11.0 Å². The molecule has 0 atom stereocenters. The first-order valence-electron chi connectivity index (χ1n) is 8.35. The zero-order valence-corrected chi connectivity index (χ0v) is 13.7. The van der Waals surface area contributed by atoms with Gasteiger partial charge >= 0.3 is 0 Å². The molecule has 8 heteroatoms. The predicted octanol–water partition coefficient (Wildman–Crippen LogP) is -0.106. The lowest BCUT2D eigenvalue weighted by Crippen LogP contribution is -2.50. The van der Waals surface area contributed by atoms with Gasteiger partial charge in [-0.05, 0) is 25.7 Å². The molecule has 0 aromatic carbocycles. The van der Waals surface area contributed by atoms with Gasteiger partial charge in [0, 0.05) is 26.1 Å². The fourth-order valence-corrected chi connectivity index (χ4v) is 3.39. The molecule has 2 aromatic rings. The molecule has 2 aromatic heterocycles. The van der Waals surface area contributed by atoms with Gasteiger partial charge in [0.2, 0.25) is 5.91 Å². The number of aromatic nitrogens is 4. The Hall–Kier alpha value is -2.22. The van der Waals surface area contributed by atoms with Crippen molar-refractivity contribution in [3.63, 3.8) is 0 Å². The van der Waals surface area contributed by atoms with Gasteiger partial charge in [0.15, 0.2) is 5.65 Å². The van der Waals surface area contributed by atoms with Crippen molar-refractivity contribution in [2.24, 2.45) is 13.0 Å². The largest absolute Gasteiger partial charge is 0.388 e. The van der Waals surface area contributed by atoms with Gasteiger partial charge in [-0.2, -0.15) is 5.10 Å². The Balaban J connectivity index is 1.50. The van der Waals surface area contributed by atoms with Crippen molar-refractivity contribution in [3.05, 3.63) is 22.9 Å². The number of carbonyl (C=O) groups excluding carboxylic acids is 1. The molecule has 128 valence electrons. The van der Waals surface area contributed by atoms with E-state index >= 15 is 0 Å². The van der Waals surface area contributed by atoms with E-state index in [-0.39, 0.29) is 23.9 Å². The summed E-state index contributed by atoms with van der Waals surface area (Å²) in [5.41, 5.74) is -0.645. The van der Waals surface area contributed by atoms with E-state index in [1.54, 1.807) is 11.7 Å². The number of fused-ring (bicyclic) bond motifs is 1. The zero-order chi connectivity index (χ0) is 16.9. The van der Waals surface area contributed by atoms with Crippen molar-refractivity contribution in [1.82, 2.24) is 24.2 Å². The number of piperidine rings is 1. The number of aliphatic hydroxyl groups is 1. The van der Waals surface area contributed by atoms with E-state index in [2.05, 4.69) is 10.1 Å². The van der Waals surface area contributed by atoms with Crippen molar-refractivity contribution >= 4 is 16.9 Å². The number of nitrogens with zero attached hydrogens (tertiary/aromatic N) is 5. The molecular weight excluding hydrogens is 310 g/mol. The number of hydrogen-bond donors (Lipinski definition) is 1. The molecule has 2 fully saturated rings. The Labute approximate surface area is 138 Å². The van der Waals surface area contributed by atoms with Crippen LogP contribution in [0.3, 0.4) is 0 Å². The summed E-state index contributed by atoms with van der Waals surface area (Å²) in [5.74, 6) is 0.420. The topological polar surface area (TPSA) is 93.2 Å².